The van der Waals surface area contributed by atoms with Gasteiger partial charge in [-0.1, -0.05) is 48.3 Å². The Morgan fingerprint density at radius 1 is 1.40 bits per heavy atom. The van der Waals surface area contributed by atoms with Gasteiger partial charge in [-0.05, 0) is 36.2 Å². The second-order valence-electron chi connectivity index (χ2n) is 3.95. The molecule has 0 amide bonds. The minimum atomic E-state index is 0.319. The van der Waals surface area contributed by atoms with Gasteiger partial charge in [0.05, 0.1) is 0 Å². The van der Waals surface area contributed by atoms with Gasteiger partial charge in [-0.3, -0.25) is 0 Å². The Kier molecular flexibility index (Phi) is 5.10. The molecule has 0 radical (unpaired) electrons. The van der Waals surface area contributed by atoms with E-state index < -0.39 is 0 Å². The van der Waals surface area contributed by atoms with Gasteiger partial charge in [-0.15, -0.1) is 0 Å². The standard InChI is InChI=1S/C12H17BrClN/c1-4-15-12(8(2)3)10-7-9(13)5-6-11(10)14/h5-8,12,15H,4H2,1-3H3. The summed E-state index contributed by atoms with van der Waals surface area (Å²) in [7, 11) is 0. The van der Waals surface area contributed by atoms with Crippen LogP contribution in [0.4, 0.5) is 0 Å². The number of rotatable bonds is 4. The summed E-state index contributed by atoms with van der Waals surface area (Å²) in [5.41, 5.74) is 1.17. The molecule has 1 N–H and O–H groups in total. The van der Waals surface area contributed by atoms with Gasteiger partial charge >= 0.3 is 0 Å². The van der Waals surface area contributed by atoms with Gasteiger partial charge in [0, 0.05) is 15.5 Å². The Morgan fingerprint density at radius 2 is 2.07 bits per heavy atom. The van der Waals surface area contributed by atoms with E-state index in [4.69, 9.17) is 11.6 Å². The van der Waals surface area contributed by atoms with E-state index in [1.54, 1.807) is 0 Å². The van der Waals surface area contributed by atoms with Crippen LogP contribution in [-0.4, -0.2) is 6.54 Å². The predicted molar refractivity (Wildman–Crippen MR) is 70.4 cm³/mol. The summed E-state index contributed by atoms with van der Waals surface area (Å²) in [5.74, 6) is 0.525. The summed E-state index contributed by atoms with van der Waals surface area (Å²) in [6.07, 6.45) is 0. The highest BCUT2D eigenvalue weighted by Crippen LogP contribution is 2.30. The van der Waals surface area contributed by atoms with E-state index in [0.29, 0.717) is 12.0 Å². The second-order valence-corrected chi connectivity index (χ2v) is 5.27. The van der Waals surface area contributed by atoms with Crippen molar-refractivity contribution in [2.75, 3.05) is 6.54 Å². The van der Waals surface area contributed by atoms with Crippen molar-refractivity contribution in [1.82, 2.24) is 5.32 Å². The maximum Gasteiger partial charge on any atom is 0.0454 e. The fourth-order valence-corrected chi connectivity index (χ4v) is 2.29. The largest absolute Gasteiger partial charge is 0.310 e. The van der Waals surface area contributed by atoms with Gasteiger partial charge < -0.3 is 5.32 Å². The van der Waals surface area contributed by atoms with Gasteiger partial charge in [-0.2, -0.15) is 0 Å². The molecule has 1 aromatic carbocycles. The Bertz CT molecular complexity index is 325. The van der Waals surface area contributed by atoms with Gasteiger partial charge in [-0.25, -0.2) is 0 Å². The third-order valence-electron chi connectivity index (χ3n) is 2.38. The zero-order chi connectivity index (χ0) is 11.4. The SMILES string of the molecule is CCNC(c1cc(Br)ccc1Cl)C(C)C. The van der Waals surface area contributed by atoms with Crippen LogP contribution in [0, 0.1) is 5.92 Å². The summed E-state index contributed by atoms with van der Waals surface area (Å²) in [4.78, 5) is 0. The molecule has 0 aromatic heterocycles. The summed E-state index contributed by atoms with van der Waals surface area (Å²) in [6, 6.07) is 6.32. The lowest BCUT2D eigenvalue weighted by Gasteiger charge is -2.23. The lowest BCUT2D eigenvalue weighted by Crippen LogP contribution is -2.25. The zero-order valence-electron chi connectivity index (χ0n) is 9.35. The quantitative estimate of drug-likeness (QED) is 0.866. The van der Waals surface area contributed by atoms with Crippen molar-refractivity contribution in [3.63, 3.8) is 0 Å². The maximum absolute atomic E-state index is 6.21. The van der Waals surface area contributed by atoms with Crippen molar-refractivity contribution in [3.05, 3.63) is 33.3 Å². The maximum atomic E-state index is 6.21. The molecule has 0 aliphatic rings. The topological polar surface area (TPSA) is 12.0 Å². The van der Waals surface area contributed by atoms with Crippen LogP contribution in [0.5, 0.6) is 0 Å². The van der Waals surface area contributed by atoms with Crippen molar-refractivity contribution in [1.29, 1.82) is 0 Å². The van der Waals surface area contributed by atoms with Crippen molar-refractivity contribution in [3.8, 4) is 0 Å². The van der Waals surface area contributed by atoms with E-state index in [1.807, 2.05) is 12.1 Å². The van der Waals surface area contributed by atoms with Crippen molar-refractivity contribution >= 4 is 27.5 Å². The molecule has 1 nitrogen and oxygen atoms in total. The molecule has 0 bridgehead atoms. The number of halogens is 2. The van der Waals surface area contributed by atoms with E-state index in [2.05, 4.69) is 48.1 Å². The van der Waals surface area contributed by atoms with Crippen LogP contribution >= 0.6 is 27.5 Å². The van der Waals surface area contributed by atoms with Gasteiger partial charge in [0.25, 0.3) is 0 Å². The van der Waals surface area contributed by atoms with E-state index in [9.17, 15) is 0 Å². The molecule has 1 unspecified atom stereocenters. The molecule has 0 aliphatic carbocycles. The Hall–Kier alpha value is -0.0500. The van der Waals surface area contributed by atoms with E-state index in [1.165, 1.54) is 5.56 Å². The molecule has 1 atom stereocenters. The van der Waals surface area contributed by atoms with Crippen LogP contribution in [0.25, 0.3) is 0 Å². The molecule has 0 saturated heterocycles. The molecular weight excluding hydrogens is 273 g/mol. The number of nitrogens with one attached hydrogen (secondary N) is 1. The predicted octanol–water partition coefficient (Wildman–Crippen LogP) is 4.41. The zero-order valence-corrected chi connectivity index (χ0v) is 11.7. The fourth-order valence-electron chi connectivity index (χ4n) is 1.68. The first kappa shape index (κ1) is 13.0. The highest BCUT2D eigenvalue weighted by atomic mass is 79.9. The van der Waals surface area contributed by atoms with Crippen LogP contribution in [-0.2, 0) is 0 Å². The highest BCUT2D eigenvalue weighted by Gasteiger charge is 2.17. The van der Waals surface area contributed by atoms with Gasteiger partial charge in [0.15, 0.2) is 0 Å². The number of benzene rings is 1. The van der Waals surface area contributed by atoms with Crippen LogP contribution in [0.2, 0.25) is 5.02 Å². The normalized spacial score (nSPS) is 13.2. The molecule has 1 aromatic rings. The molecule has 0 spiro atoms. The first-order chi connectivity index (χ1) is 7.06. The molecule has 15 heavy (non-hydrogen) atoms. The Balaban J connectivity index is 3.04. The molecule has 0 aliphatic heterocycles. The monoisotopic (exact) mass is 289 g/mol. The van der Waals surface area contributed by atoms with E-state index >= 15 is 0 Å². The summed E-state index contributed by atoms with van der Waals surface area (Å²) in [6.45, 7) is 7.46. The highest BCUT2D eigenvalue weighted by molar-refractivity contribution is 9.10. The molecule has 1 rings (SSSR count). The Morgan fingerprint density at radius 3 is 2.60 bits per heavy atom. The second kappa shape index (κ2) is 5.88. The van der Waals surface area contributed by atoms with E-state index in [-0.39, 0.29) is 0 Å². The average Bonchev–Trinajstić information content (AvgIpc) is 2.18. The minimum Gasteiger partial charge on any atom is -0.310 e. The average molecular weight is 291 g/mol. The fraction of sp³-hybridized carbons (Fsp3) is 0.500. The van der Waals surface area contributed by atoms with Crippen molar-refractivity contribution in [2.24, 2.45) is 5.92 Å². The summed E-state index contributed by atoms with van der Waals surface area (Å²) >= 11 is 9.69. The van der Waals surface area contributed by atoms with Crippen LogP contribution in [0.15, 0.2) is 22.7 Å². The first-order valence-electron chi connectivity index (χ1n) is 5.24. The van der Waals surface area contributed by atoms with Gasteiger partial charge in [0.2, 0.25) is 0 Å². The van der Waals surface area contributed by atoms with Crippen molar-refractivity contribution < 1.29 is 0 Å². The smallest absolute Gasteiger partial charge is 0.0454 e. The van der Waals surface area contributed by atoms with Crippen LogP contribution in [0.1, 0.15) is 32.4 Å². The number of hydrogen-bond donors (Lipinski definition) is 1. The van der Waals surface area contributed by atoms with Crippen LogP contribution in [0.3, 0.4) is 0 Å². The van der Waals surface area contributed by atoms with Gasteiger partial charge in [0.1, 0.15) is 0 Å². The van der Waals surface area contributed by atoms with E-state index in [0.717, 1.165) is 16.0 Å². The van der Waals surface area contributed by atoms with Crippen molar-refractivity contribution in [2.45, 2.75) is 26.8 Å². The molecular formula is C12H17BrClN. The Labute approximate surface area is 105 Å². The number of hydrogen-bond acceptors (Lipinski definition) is 1. The minimum absolute atomic E-state index is 0.319. The lowest BCUT2D eigenvalue weighted by atomic mass is 9.96. The summed E-state index contributed by atoms with van der Waals surface area (Å²) in [5, 5.41) is 4.29. The molecule has 0 heterocycles. The third-order valence-corrected chi connectivity index (χ3v) is 3.22. The lowest BCUT2D eigenvalue weighted by molar-refractivity contribution is 0.422. The molecule has 0 fully saturated rings. The first-order valence-corrected chi connectivity index (χ1v) is 6.41. The third kappa shape index (κ3) is 3.47. The molecule has 3 heteroatoms. The molecule has 0 saturated carbocycles. The van der Waals surface area contributed by atoms with Crippen LogP contribution < -0.4 is 5.32 Å². The summed E-state index contributed by atoms with van der Waals surface area (Å²) < 4.78 is 1.07. The molecule has 84 valence electrons.